The Balaban J connectivity index is 1.62. The second kappa shape index (κ2) is 8.68. The third-order valence-corrected chi connectivity index (χ3v) is 8.36. The number of ether oxygens (including phenoxy) is 2. The van der Waals surface area contributed by atoms with Crippen molar-refractivity contribution in [2.45, 2.75) is 62.6 Å². The third kappa shape index (κ3) is 3.83. The SMILES string of the molecule is CN(C)[C@H]1CO[C@@]2(COc3ccccc3-c3c(C4CCCCC4)c4ccc(C(=O)O)cc4n3C2)C1. The molecular weight excluding hydrogens is 440 g/mol. The molecule has 6 heteroatoms. The van der Waals surface area contributed by atoms with Crippen LogP contribution in [0.15, 0.2) is 42.5 Å². The second-order valence-corrected chi connectivity index (χ2v) is 10.8. The van der Waals surface area contributed by atoms with Crippen molar-refractivity contribution in [3.8, 4) is 17.0 Å². The Morgan fingerprint density at radius 3 is 2.66 bits per heavy atom. The van der Waals surface area contributed by atoms with Crippen molar-refractivity contribution >= 4 is 16.9 Å². The first-order valence-electron chi connectivity index (χ1n) is 12.9. The number of nitrogens with zero attached hydrogens (tertiary/aromatic N) is 2. The molecule has 0 unspecified atom stereocenters. The van der Waals surface area contributed by atoms with E-state index < -0.39 is 11.6 Å². The number of carboxylic acid groups (broad SMARTS) is 1. The lowest BCUT2D eigenvalue weighted by atomic mass is 9.81. The molecule has 1 saturated carbocycles. The summed E-state index contributed by atoms with van der Waals surface area (Å²) in [4.78, 5) is 14.2. The zero-order chi connectivity index (χ0) is 24.2. The zero-order valence-electron chi connectivity index (χ0n) is 20.6. The second-order valence-electron chi connectivity index (χ2n) is 10.8. The molecule has 1 aliphatic carbocycles. The van der Waals surface area contributed by atoms with Crippen LogP contribution >= 0.6 is 0 Å². The maximum Gasteiger partial charge on any atom is 0.335 e. The van der Waals surface area contributed by atoms with Crippen LogP contribution in [0, 0.1) is 0 Å². The van der Waals surface area contributed by atoms with E-state index in [0.29, 0.717) is 37.3 Å². The van der Waals surface area contributed by atoms with Gasteiger partial charge in [-0.3, -0.25) is 0 Å². The Labute approximate surface area is 206 Å². The van der Waals surface area contributed by atoms with Gasteiger partial charge in [0.1, 0.15) is 18.0 Å². The first kappa shape index (κ1) is 22.6. The lowest BCUT2D eigenvalue weighted by Gasteiger charge is -2.34. The summed E-state index contributed by atoms with van der Waals surface area (Å²) in [5.74, 6) is 0.444. The number of carbonyl (C=O) groups is 1. The fourth-order valence-corrected chi connectivity index (χ4v) is 6.46. The summed E-state index contributed by atoms with van der Waals surface area (Å²) in [6, 6.07) is 14.3. The van der Waals surface area contributed by atoms with Gasteiger partial charge in [-0.25, -0.2) is 4.79 Å². The average molecular weight is 475 g/mol. The quantitative estimate of drug-likeness (QED) is 0.540. The molecule has 6 rings (SSSR count). The predicted octanol–water partition coefficient (Wildman–Crippen LogP) is 5.54. The van der Waals surface area contributed by atoms with Crippen LogP contribution in [0.5, 0.6) is 5.75 Å². The van der Waals surface area contributed by atoms with Crippen molar-refractivity contribution in [3.63, 3.8) is 0 Å². The predicted molar refractivity (Wildman–Crippen MR) is 136 cm³/mol. The summed E-state index contributed by atoms with van der Waals surface area (Å²) < 4.78 is 15.4. The fourth-order valence-electron chi connectivity index (χ4n) is 6.46. The Morgan fingerprint density at radius 1 is 1.11 bits per heavy atom. The molecule has 3 heterocycles. The number of aromatic nitrogens is 1. The molecule has 6 nitrogen and oxygen atoms in total. The van der Waals surface area contributed by atoms with Gasteiger partial charge in [0.25, 0.3) is 0 Å². The van der Waals surface area contributed by atoms with E-state index in [4.69, 9.17) is 9.47 Å². The highest BCUT2D eigenvalue weighted by molar-refractivity contribution is 5.98. The van der Waals surface area contributed by atoms with E-state index in [1.807, 2.05) is 18.2 Å². The van der Waals surface area contributed by atoms with Gasteiger partial charge < -0.3 is 24.0 Å². The molecule has 1 spiro atoms. The van der Waals surface area contributed by atoms with E-state index in [9.17, 15) is 9.90 Å². The monoisotopic (exact) mass is 474 g/mol. The first-order chi connectivity index (χ1) is 17.0. The van der Waals surface area contributed by atoms with Crippen molar-refractivity contribution < 1.29 is 19.4 Å². The maximum absolute atomic E-state index is 12.0. The van der Waals surface area contributed by atoms with Gasteiger partial charge in [0.15, 0.2) is 0 Å². The van der Waals surface area contributed by atoms with Crippen molar-refractivity contribution in [2.24, 2.45) is 0 Å². The minimum Gasteiger partial charge on any atom is -0.490 e. The van der Waals surface area contributed by atoms with E-state index in [1.54, 1.807) is 6.07 Å². The number of aromatic carboxylic acids is 1. The summed E-state index contributed by atoms with van der Waals surface area (Å²) in [7, 11) is 4.20. The Morgan fingerprint density at radius 2 is 1.91 bits per heavy atom. The molecule has 2 atom stereocenters. The molecule has 2 aliphatic heterocycles. The lowest BCUT2D eigenvalue weighted by Crippen LogP contribution is -2.42. The van der Waals surface area contributed by atoms with Crippen LogP contribution in [0.4, 0.5) is 0 Å². The molecule has 3 aromatic rings. The van der Waals surface area contributed by atoms with Gasteiger partial charge >= 0.3 is 5.97 Å². The van der Waals surface area contributed by atoms with Gasteiger partial charge in [0, 0.05) is 22.5 Å². The van der Waals surface area contributed by atoms with E-state index in [0.717, 1.165) is 23.3 Å². The molecule has 184 valence electrons. The zero-order valence-corrected chi connectivity index (χ0v) is 20.6. The van der Waals surface area contributed by atoms with Gasteiger partial charge in [-0.2, -0.15) is 0 Å². The molecule has 2 aromatic carbocycles. The standard InChI is InChI=1S/C29H34N2O4/c1-30(2)21-15-29(35-16-21)17-31-24-14-20(28(32)33)12-13-22(24)26(19-8-4-3-5-9-19)27(31)23-10-6-7-11-25(23)34-18-29/h6-7,10-14,19,21H,3-5,8-9,15-18H2,1-2H3,(H,32,33)/t21-,29+/m1/s1. The lowest BCUT2D eigenvalue weighted by molar-refractivity contribution is -0.0430. The Bertz CT molecular complexity index is 1270. The summed E-state index contributed by atoms with van der Waals surface area (Å²) in [5, 5.41) is 11.0. The van der Waals surface area contributed by atoms with Gasteiger partial charge in [-0.05, 0) is 69.1 Å². The van der Waals surface area contributed by atoms with Crippen molar-refractivity contribution in [1.82, 2.24) is 9.47 Å². The molecule has 1 N–H and O–H groups in total. The van der Waals surface area contributed by atoms with E-state index >= 15 is 0 Å². The van der Waals surface area contributed by atoms with Crippen LogP contribution in [-0.2, 0) is 11.3 Å². The summed E-state index contributed by atoms with van der Waals surface area (Å²) >= 11 is 0. The van der Waals surface area contributed by atoms with Crippen molar-refractivity contribution in [2.75, 3.05) is 27.3 Å². The number of rotatable bonds is 3. The summed E-state index contributed by atoms with van der Waals surface area (Å²) in [6.45, 7) is 1.79. The number of para-hydroxylation sites is 1. The number of likely N-dealkylation sites (N-methyl/N-ethyl adjacent to an activating group) is 1. The van der Waals surface area contributed by atoms with Crippen LogP contribution in [0.1, 0.15) is 60.4 Å². The third-order valence-electron chi connectivity index (χ3n) is 8.36. The number of fused-ring (bicyclic) bond motifs is 5. The van der Waals surface area contributed by atoms with Crippen LogP contribution < -0.4 is 4.74 Å². The average Bonchev–Trinajstić information content (AvgIpc) is 3.42. The number of benzene rings is 2. The van der Waals surface area contributed by atoms with Crippen LogP contribution in [0.25, 0.3) is 22.2 Å². The molecule has 0 bridgehead atoms. The van der Waals surface area contributed by atoms with Gasteiger partial charge in [0.2, 0.25) is 0 Å². The van der Waals surface area contributed by atoms with E-state index in [-0.39, 0.29) is 0 Å². The minimum absolute atomic E-state index is 0.325. The highest BCUT2D eigenvalue weighted by atomic mass is 16.5. The highest BCUT2D eigenvalue weighted by Gasteiger charge is 2.45. The number of hydrogen-bond acceptors (Lipinski definition) is 4. The molecule has 0 radical (unpaired) electrons. The summed E-state index contributed by atoms with van der Waals surface area (Å²) in [6.07, 6.45) is 6.97. The topological polar surface area (TPSA) is 63.9 Å². The molecule has 1 aromatic heterocycles. The van der Waals surface area contributed by atoms with Crippen molar-refractivity contribution in [3.05, 3.63) is 53.6 Å². The minimum atomic E-state index is -0.893. The highest BCUT2D eigenvalue weighted by Crippen LogP contribution is 2.48. The smallest absolute Gasteiger partial charge is 0.335 e. The molecular formula is C29H34N2O4. The van der Waals surface area contributed by atoms with E-state index in [2.05, 4.69) is 41.8 Å². The van der Waals surface area contributed by atoms with Gasteiger partial charge in [0.05, 0.1) is 24.4 Å². The molecule has 35 heavy (non-hydrogen) atoms. The van der Waals surface area contributed by atoms with Crippen LogP contribution in [0.3, 0.4) is 0 Å². The maximum atomic E-state index is 12.0. The van der Waals surface area contributed by atoms with Crippen molar-refractivity contribution in [1.29, 1.82) is 0 Å². The molecule has 1 saturated heterocycles. The normalized spacial score (nSPS) is 24.7. The number of carboxylic acids is 1. The van der Waals surface area contributed by atoms with E-state index in [1.165, 1.54) is 48.7 Å². The summed E-state index contributed by atoms with van der Waals surface area (Å²) in [5.41, 5.74) is 4.48. The first-order valence-corrected chi connectivity index (χ1v) is 12.9. The fraction of sp³-hybridized carbons (Fsp3) is 0.483. The van der Waals surface area contributed by atoms with Crippen LogP contribution in [0.2, 0.25) is 0 Å². The molecule has 0 amide bonds. The van der Waals surface area contributed by atoms with Gasteiger partial charge in [-0.1, -0.05) is 37.5 Å². The Kier molecular flexibility index (Phi) is 5.61. The van der Waals surface area contributed by atoms with Gasteiger partial charge in [-0.15, -0.1) is 0 Å². The number of hydrogen-bond donors (Lipinski definition) is 1. The Hall–Kier alpha value is -2.83. The molecule has 3 aliphatic rings. The van der Waals surface area contributed by atoms with Crippen LogP contribution in [-0.4, -0.2) is 59.5 Å². The largest absolute Gasteiger partial charge is 0.490 e. The molecule has 2 fully saturated rings.